The number of carbonyl (C=O) groups excluding carboxylic acids is 2. The molecule has 0 bridgehead atoms. The van der Waals surface area contributed by atoms with Gasteiger partial charge in [0.05, 0.1) is 12.2 Å². The Morgan fingerprint density at radius 1 is 0.650 bits per heavy atom. The molecule has 2 aliphatic heterocycles. The van der Waals surface area contributed by atoms with Gasteiger partial charge in [-0.2, -0.15) is 0 Å². The zero-order chi connectivity index (χ0) is 29.3. The van der Waals surface area contributed by atoms with Crippen molar-refractivity contribution in [3.63, 3.8) is 0 Å². The van der Waals surface area contributed by atoms with Crippen molar-refractivity contribution in [2.45, 2.75) is 128 Å². The second kappa shape index (κ2) is 19.4. The summed E-state index contributed by atoms with van der Waals surface area (Å²) in [6, 6.07) is 0. The van der Waals surface area contributed by atoms with Gasteiger partial charge < -0.3 is 29.5 Å². The van der Waals surface area contributed by atoms with E-state index in [1.165, 1.54) is 0 Å². The summed E-state index contributed by atoms with van der Waals surface area (Å²) in [4.78, 5) is 27.6. The number of ether oxygens (including phenoxy) is 2. The third-order valence-corrected chi connectivity index (χ3v) is 7.86. The van der Waals surface area contributed by atoms with Crippen LogP contribution in [0.4, 0.5) is 0 Å². The number of aliphatic hydroxyl groups excluding tert-OH is 2. The number of rotatable bonds is 23. The molecule has 40 heavy (non-hydrogen) atoms. The van der Waals surface area contributed by atoms with Crippen LogP contribution in [0.15, 0.2) is 23.3 Å². The Bertz CT molecular complexity index is 747. The van der Waals surface area contributed by atoms with Gasteiger partial charge in [0.25, 0.3) is 0 Å². The van der Waals surface area contributed by atoms with Crippen LogP contribution in [0.1, 0.15) is 104 Å². The van der Waals surface area contributed by atoms with Gasteiger partial charge in [0.15, 0.2) is 0 Å². The number of unbranched alkanes of at least 4 members (excludes halogenated alkanes) is 8. The largest absolute Gasteiger partial charge is 0.455 e. The van der Waals surface area contributed by atoms with E-state index in [2.05, 4.69) is 9.80 Å². The molecule has 0 radical (unpaired) electrons. The van der Waals surface area contributed by atoms with E-state index < -0.39 is 0 Å². The summed E-state index contributed by atoms with van der Waals surface area (Å²) in [5, 5.41) is 20.8. The average molecular weight is 565 g/mol. The molecule has 0 fully saturated rings. The molecule has 2 rings (SSSR count). The maximum atomic E-state index is 11.6. The molecule has 8 heteroatoms. The molecule has 2 heterocycles. The fourth-order valence-corrected chi connectivity index (χ4v) is 5.51. The van der Waals surface area contributed by atoms with E-state index in [1.54, 1.807) is 0 Å². The van der Waals surface area contributed by atoms with Crippen molar-refractivity contribution in [3.8, 4) is 0 Å². The lowest BCUT2D eigenvalue weighted by Crippen LogP contribution is -2.38. The fourth-order valence-electron chi connectivity index (χ4n) is 5.51. The van der Waals surface area contributed by atoms with Crippen LogP contribution >= 0.6 is 0 Å². The minimum absolute atomic E-state index is 0.0774. The van der Waals surface area contributed by atoms with Crippen LogP contribution in [0.5, 0.6) is 0 Å². The highest BCUT2D eigenvalue weighted by molar-refractivity contribution is 5.91. The SMILES string of the molecule is C[C@H]1C=C(CCCCCCCC(O)CN(C)CCN(C)CC(O)CCCCCCCC2=C[C@H](C)OC2=O)C(=O)O1. The molecule has 0 saturated heterocycles. The Morgan fingerprint density at radius 3 is 1.35 bits per heavy atom. The van der Waals surface area contributed by atoms with Gasteiger partial charge in [-0.1, -0.05) is 51.4 Å². The second-order valence-corrected chi connectivity index (χ2v) is 12.0. The maximum absolute atomic E-state index is 11.6. The summed E-state index contributed by atoms with van der Waals surface area (Å²) in [7, 11) is 4.09. The normalized spacial score (nSPS) is 20.6. The van der Waals surface area contributed by atoms with Crippen molar-refractivity contribution in [3.05, 3.63) is 23.3 Å². The third kappa shape index (κ3) is 14.8. The van der Waals surface area contributed by atoms with Gasteiger partial charge in [0.1, 0.15) is 12.2 Å². The highest BCUT2D eigenvalue weighted by atomic mass is 16.6. The van der Waals surface area contributed by atoms with Crippen molar-refractivity contribution in [2.75, 3.05) is 40.3 Å². The smallest absolute Gasteiger partial charge is 0.334 e. The first-order valence-corrected chi connectivity index (χ1v) is 15.7. The predicted octanol–water partition coefficient (Wildman–Crippen LogP) is 4.78. The van der Waals surface area contributed by atoms with E-state index in [0.717, 1.165) is 114 Å². The van der Waals surface area contributed by atoms with Crippen molar-refractivity contribution in [1.29, 1.82) is 0 Å². The zero-order valence-corrected chi connectivity index (χ0v) is 25.6. The molecule has 0 aliphatic carbocycles. The maximum Gasteiger partial charge on any atom is 0.334 e. The molecule has 0 aromatic rings. The van der Waals surface area contributed by atoms with Gasteiger partial charge in [-0.3, -0.25) is 0 Å². The monoisotopic (exact) mass is 564 g/mol. The van der Waals surface area contributed by atoms with Crippen LogP contribution in [-0.2, 0) is 19.1 Å². The first kappa shape index (κ1) is 34.5. The molecule has 8 nitrogen and oxygen atoms in total. The Labute approximate surface area is 242 Å². The highest BCUT2D eigenvalue weighted by Crippen LogP contribution is 2.21. The second-order valence-electron chi connectivity index (χ2n) is 12.0. The van der Waals surface area contributed by atoms with E-state index in [4.69, 9.17) is 9.47 Å². The summed E-state index contributed by atoms with van der Waals surface area (Å²) in [6.07, 6.45) is 17.1. The first-order valence-electron chi connectivity index (χ1n) is 15.7. The van der Waals surface area contributed by atoms with E-state index >= 15 is 0 Å². The minimum atomic E-state index is -0.312. The average Bonchev–Trinajstić information content (AvgIpc) is 3.39. The van der Waals surface area contributed by atoms with E-state index in [0.29, 0.717) is 13.1 Å². The summed E-state index contributed by atoms with van der Waals surface area (Å²) in [5.41, 5.74) is 1.65. The van der Waals surface area contributed by atoms with Crippen molar-refractivity contribution < 1.29 is 29.3 Å². The fraction of sp³-hybridized carbons (Fsp3) is 0.812. The lowest BCUT2D eigenvalue weighted by molar-refractivity contribution is -0.140. The molecule has 0 saturated carbocycles. The topological polar surface area (TPSA) is 99.5 Å². The Kier molecular flexibility index (Phi) is 16.7. The molecule has 2 aliphatic rings. The number of hydrogen-bond acceptors (Lipinski definition) is 8. The number of cyclic esters (lactones) is 2. The standard InChI is InChI=1S/C32H56N2O6/c1-25-21-27(31(37)39-25)15-11-7-5-9-13-17-29(35)23-33(3)19-20-34(4)24-30(36)18-14-10-6-8-12-16-28-22-26(2)40-32(28)38/h21-22,25-26,29-30,35-36H,5-20,23-24H2,1-4H3/t25-,26-,29?,30?/m0/s1. The van der Waals surface area contributed by atoms with Gasteiger partial charge in [0.2, 0.25) is 0 Å². The molecule has 0 aromatic carbocycles. The lowest BCUT2D eigenvalue weighted by Gasteiger charge is -2.25. The van der Waals surface area contributed by atoms with Gasteiger partial charge in [0, 0.05) is 37.3 Å². The lowest BCUT2D eigenvalue weighted by atomic mass is 10.0. The van der Waals surface area contributed by atoms with Crippen molar-refractivity contribution >= 4 is 11.9 Å². The number of aliphatic hydroxyl groups is 2. The predicted molar refractivity (Wildman–Crippen MR) is 159 cm³/mol. The van der Waals surface area contributed by atoms with Crippen molar-refractivity contribution in [1.82, 2.24) is 9.80 Å². The molecule has 0 aromatic heterocycles. The van der Waals surface area contributed by atoms with Crippen LogP contribution in [-0.4, -0.2) is 96.6 Å². The van der Waals surface area contributed by atoms with Gasteiger partial charge >= 0.3 is 11.9 Å². The molecular formula is C32H56N2O6. The van der Waals surface area contributed by atoms with Crippen molar-refractivity contribution in [2.24, 2.45) is 0 Å². The minimum Gasteiger partial charge on any atom is -0.455 e. The number of esters is 2. The van der Waals surface area contributed by atoms with E-state index in [-0.39, 0.29) is 36.4 Å². The van der Waals surface area contributed by atoms with Crippen LogP contribution in [0.2, 0.25) is 0 Å². The van der Waals surface area contributed by atoms with Crippen LogP contribution in [0.25, 0.3) is 0 Å². The summed E-state index contributed by atoms with van der Waals surface area (Å²) in [6.45, 7) is 6.84. The molecule has 230 valence electrons. The number of likely N-dealkylation sites (N-methyl/N-ethyl adjacent to an activating group) is 2. The number of carbonyl (C=O) groups is 2. The Hall–Kier alpha value is -1.74. The Balaban J connectivity index is 1.39. The van der Waals surface area contributed by atoms with Gasteiger partial charge in [-0.05, 0) is 78.6 Å². The number of nitrogens with zero attached hydrogens (tertiary/aromatic N) is 2. The van der Waals surface area contributed by atoms with E-state index in [9.17, 15) is 19.8 Å². The zero-order valence-electron chi connectivity index (χ0n) is 25.6. The van der Waals surface area contributed by atoms with Crippen LogP contribution in [0, 0.1) is 0 Å². The summed E-state index contributed by atoms with van der Waals surface area (Å²) >= 11 is 0. The molecular weight excluding hydrogens is 508 g/mol. The highest BCUT2D eigenvalue weighted by Gasteiger charge is 2.22. The van der Waals surface area contributed by atoms with E-state index in [1.807, 2.05) is 40.1 Å². The molecule has 2 N–H and O–H groups in total. The molecule has 4 atom stereocenters. The van der Waals surface area contributed by atoms with Crippen LogP contribution < -0.4 is 0 Å². The third-order valence-electron chi connectivity index (χ3n) is 7.86. The summed E-state index contributed by atoms with van der Waals surface area (Å²) in [5.74, 6) is -0.306. The molecule has 0 spiro atoms. The quantitative estimate of drug-likeness (QED) is 0.135. The van der Waals surface area contributed by atoms with Gasteiger partial charge in [-0.15, -0.1) is 0 Å². The molecule has 0 amide bonds. The van der Waals surface area contributed by atoms with Crippen LogP contribution in [0.3, 0.4) is 0 Å². The molecule has 2 unspecified atom stereocenters. The Morgan fingerprint density at radius 2 is 1.00 bits per heavy atom. The summed E-state index contributed by atoms with van der Waals surface area (Å²) < 4.78 is 10.3. The first-order chi connectivity index (χ1) is 19.1. The number of hydrogen-bond donors (Lipinski definition) is 2. The van der Waals surface area contributed by atoms with Gasteiger partial charge in [-0.25, -0.2) is 9.59 Å².